The molecule has 0 atom stereocenters. The summed E-state index contributed by atoms with van der Waals surface area (Å²) in [5.41, 5.74) is 0.423. The summed E-state index contributed by atoms with van der Waals surface area (Å²) >= 11 is 0. The molecule has 0 aliphatic rings. The van der Waals surface area contributed by atoms with Crippen LogP contribution in [0.1, 0.15) is 112 Å². The third-order valence-electron chi connectivity index (χ3n) is 4.72. The highest BCUT2D eigenvalue weighted by Crippen LogP contribution is 2.06. The summed E-state index contributed by atoms with van der Waals surface area (Å²) in [5.74, 6) is 0. The van der Waals surface area contributed by atoms with Gasteiger partial charge < -0.3 is 4.90 Å². The van der Waals surface area contributed by atoms with Crippen molar-refractivity contribution in [2.24, 2.45) is 0 Å². The summed E-state index contributed by atoms with van der Waals surface area (Å²) in [6, 6.07) is 0. The predicted molar refractivity (Wildman–Crippen MR) is 97.2 cm³/mol. The van der Waals surface area contributed by atoms with Crippen LogP contribution in [0, 0.1) is 0 Å². The molecule has 0 spiro atoms. The molecule has 0 saturated carbocycles. The number of quaternary nitrogens is 1. The average molecular weight is 299 g/mol. The fourth-order valence-electron chi connectivity index (χ4n) is 3.11. The largest absolute Gasteiger partial charge is 0.331 e. The van der Waals surface area contributed by atoms with Gasteiger partial charge >= 0.3 is 0 Å². The minimum Gasteiger partial charge on any atom is -0.331 e. The van der Waals surface area contributed by atoms with Crippen LogP contribution in [0.3, 0.4) is 0 Å². The first-order valence-electron chi connectivity index (χ1n) is 9.87. The minimum absolute atomic E-state index is 0.423. The first kappa shape index (κ1) is 21.0. The van der Waals surface area contributed by atoms with Crippen molar-refractivity contribution in [2.75, 3.05) is 13.1 Å². The van der Waals surface area contributed by atoms with Crippen molar-refractivity contribution in [1.82, 2.24) is 0 Å². The van der Waals surface area contributed by atoms with E-state index < -0.39 is 0 Å². The van der Waals surface area contributed by atoms with Crippen LogP contribution in [0.15, 0.2) is 0 Å². The number of nitrogens with one attached hydrogen (secondary N) is 1. The van der Waals surface area contributed by atoms with Gasteiger partial charge in [0.1, 0.15) is 0 Å². The van der Waals surface area contributed by atoms with Crippen LogP contribution in [0.2, 0.25) is 0 Å². The highest BCUT2D eigenvalue weighted by atomic mass is 15.2. The maximum atomic E-state index is 2.41. The van der Waals surface area contributed by atoms with Crippen molar-refractivity contribution in [1.29, 1.82) is 0 Å². The average Bonchev–Trinajstić information content (AvgIpc) is 2.42. The summed E-state index contributed by atoms with van der Waals surface area (Å²) in [7, 11) is 0. The lowest BCUT2D eigenvalue weighted by atomic mass is 10.0. The molecule has 0 fully saturated rings. The Kier molecular flexibility index (Phi) is 13.6. The van der Waals surface area contributed by atoms with E-state index in [0.717, 1.165) is 0 Å². The molecule has 128 valence electrons. The van der Waals surface area contributed by atoms with Gasteiger partial charge in [-0.05, 0) is 46.5 Å². The predicted octanol–water partition coefficient (Wildman–Crippen LogP) is 5.39. The monoisotopic (exact) mass is 298 g/mol. The Hall–Kier alpha value is -0.0400. The molecule has 0 bridgehead atoms. The van der Waals surface area contributed by atoms with Crippen molar-refractivity contribution in [3.8, 4) is 0 Å². The summed E-state index contributed by atoms with van der Waals surface area (Å²) < 4.78 is 0. The Morgan fingerprint density at radius 1 is 0.524 bits per heavy atom. The fourth-order valence-corrected chi connectivity index (χ4v) is 3.11. The zero-order valence-electron chi connectivity index (χ0n) is 15.9. The molecule has 0 aromatic heterocycles. The van der Waals surface area contributed by atoms with Crippen molar-refractivity contribution in [3.05, 3.63) is 0 Å². The van der Waals surface area contributed by atoms with Gasteiger partial charge in [-0.1, -0.05) is 65.2 Å². The molecule has 21 heavy (non-hydrogen) atoms. The highest BCUT2D eigenvalue weighted by Gasteiger charge is 2.23. The van der Waals surface area contributed by atoms with E-state index in [1.807, 2.05) is 4.90 Å². The van der Waals surface area contributed by atoms with E-state index in [2.05, 4.69) is 34.6 Å². The Morgan fingerprint density at radius 2 is 0.857 bits per heavy atom. The second-order valence-corrected chi connectivity index (χ2v) is 7.89. The smallest absolute Gasteiger partial charge is 0.0891 e. The maximum Gasteiger partial charge on any atom is 0.0891 e. The van der Waals surface area contributed by atoms with Crippen LogP contribution in [-0.2, 0) is 0 Å². The number of hydrogen-bond acceptors (Lipinski definition) is 0. The minimum atomic E-state index is 0.423. The van der Waals surface area contributed by atoms with Gasteiger partial charge in [0.05, 0.1) is 18.6 Å². The topological polar surface area (TPSA) is 4.44 Å². The molecular weight excluding hydrogens is 254 g/mol. The molecule has 0 aromatic carbocycles. The Labute approximate surface area is 135 Å². The SMILES string of the molecule is CCCCCCCC[NH+](CCCCCCCC)C(C)(C)C. The number of hydrogen-bond donors (Lipinski definition) is 1. The molecule has 1 N–H and O–H groups in total. The van der Waals surface area contributed by atoms with Gasteiger partial charge in [0.15, 0.2) is 0 Å². The lowest BCUT2D eigenvalue weighted by Crippen LogP contribution is -3.18. The number of unbranched alkanes of at least 4 members (excludes halogenated alkanes) is 10. The van der Waals surface area contributed by atoms with E-state index in [4.69, 9.17) is 0 Å². The van der Waals surface area contributed by atoms with Crippen LogP contribution in [0.4, 0.5) is 0 Å². The van der Waals surface area contributed by atoms with E-state index in [1.54, 1.807) is 0 Å². The van der Waals surface area contributed by atoms with E-state index >= 15 is 0 Å². The Bertz CT molecular complexity index is 188. The molecule has 0 unspecified atom stereocenters. The first-order valence-corrected chi connectivity index (χ1v) is 9.87. The third kappa shape index (κ3) is 13.4. The van der Waals surface area contributed by atoms with Crippen molar-refractivity contribution < 1.29 is 4.90 Å². The molecule has 0 aliphatic carbocycles. The molecule has 0 aliphatic heterocycles. The molecule has 1 nitrogen and oxygen atoms in total. The van der Waals surface area contributed by atoms with Gasteiger partial charge in [0, 0.05) is 0 Å². The molecule has 0 saturated heterocycles. The van der Waals surface area contributed by atoms with Crippen LogP contribution >= 0.6 is 0 Å². The van der Waals surface area contributed by atoms with Crippen molar-refractivity contribution >= 4 is 0 Å². The van der Waals surface area contributed by atoms with Gasteiger partial charge in [-0.2, -0.15) is 0 Å². The molecule has 0 heterocycles. The second-order valence-electron chi connectivity index (χ2n) is 7.89. The Morgan fingerprint density at radius 3 is 1.19 bits per heavy atom. The summed E-state index contributed by atoms with van der Waals surface area (Å²) in [6.45, 7) is 14.6. The van der Waals surface area contributed by atoms with Gasteiger partial charge in [-0.3, -0.25) is 0 Å². The zero-order chi connectivity index (χ0) is 16.0. The second kappa shape index (κ2) is 13.6. The van der Waals surface area contributed by atoms with Crippen LogP contribution in [-0.4, -0.2) is 18.6 Å². The Balaban J connectivity index is 3.74. The van der Waals surface area contributed by atoms with Crippen LogP contribution < -0.4 is 4.90 Å². The molecule has 0 rings (SSSR count). The highest BCUT2D eigenvalue weighted by molar-refractivity contribution is 4.57. The van der Waals surface area contributed by atoms with Gasteiger partial charge in [0.25, 0.3) is 0 Å². The van der Waals surface area contributed by atoms with E-state index in [9.17, 15) is 0 Å². The van der Waals surface area contributed by atoms with Crippen LogP contribution in [0.25, 0.3) is 0 Å². The van der Waals surface area contributed by atoms with E-state index in [0.29, 0.717) is 5.54 Å². The van der Waals surface area contributed by atoms with Crippen molar-refractivity contribution in [2.45, 2.75) is 117 Å². The fraction of sp³-hybridized carbons (Fsp3) is 1.00. The van der Waals surface area contributed by atoms with Crippen LogP contribution in [0.5, 0.6) is 0 Å². The molecule has 0 aromatic rings. The van der Waals surface area contributed by atoms with Gasteiger partial charge in [-0.25, -0.2) is 0 Å². The van der Waals surface area contributed by atoms with Crippen molar-refractivity contribution in [3.63, 3.8) is 0 Å². The van der Waals surface area contributed by atoms with E-state index in [-0.39, 0.29) is 0 Å². The molecule has 1 heteroatoms. The molecular formula is C20H44N+. The third-order valence-corrected chi connectivity index (χ3v) is 4.72. The van der Waals surface area contributed by atoms with Gasteiger partial charge in [0.2, 0.25) is 0 Å². The van der Waals surface area contributed by atoms with Gasteiger partial charge in [-0.15, -0.1) is 0 Å². The number of rotatable bonds is 14. The first-order chi connectivity index (χ1) is 10.0. The molecule has 0 radical (unpaired) electrons. The quantitative estimate of drug-likeness (QED) is 0.410. The zero-order valence-corrected chi connectivity index (χ0v) is 15.9. The summed E-state index contributed by atoms with van der Waals surface area (Å²) in [4.78, 5) is 1.83. The standard InChI is InChI=1S/C20H43N/c1-6-8-10-12-14-16-18-21(20(3,4)5)19-17-15-13-11-9-7-2/h6-19H2,1-5H3/p+1. The molecule has 0 amide bonds. The normalized spacial score (nSPS) is 12.3. The summed E-state index contributed by atoms with van der Waals surface area (Å²) in [6.07, 6.45) is 17.1. The lowest BCUT2D eigenvalue weighted by Gasteiger charge is -2.32. The summed E-state index contributed by atoms with van der Waals surface area (Å²) in [5, 5.41) is 0. The maximum absolute atomic E-state index is 2.41. The van der Waals surface area contributed by atoms with E-state index in [1.165, 1.54) is 90.1 Å². The lowest BCUT2D eigenvalue weighted by molar-refractivity contribution is -0.947.